The van der Waals surface area contributed by atoms with Crippen molar-refractivity contribution < 1.29 is 4.74 Å². The van der Waals surface area contributed by atoms with Crippen LogP contribution in [-0.4, -0.2) is 7.11 Å². The molecule has 0 radical (unpaired) electrons. The number of benzene rings is 1. The molecule has 0 aliphatic heterocycles. The first kappa shape index (κ1) is 9.69. The number of ether oxygens (including phenoxy) is 1. The van der Waals surface area contributed by atoms with Crippen LogP contribution < -0.4 is 0 Å². The summed E-state index contributed by atoms with van der Waals surface area (Å²) in [7, 11) is 1.73. The van der Waals surface area contributed by atoms with Crippen molar-refractivity contribution in [3.63, 3.8) is 0 Å². The summed E-state index contributed by atoms with van der Waals surface area (Å²) in [5.41, 5.74) is 2.42. The van der Waals surface area contributed by atoms with E-state index in [1.807, 2.05) is 18.2 Å². The first-order valence-corrected chi connectivity index (χ1v) is 5.27. The van der Waals surface area contributed by atoms with Crippen LogP contribution in [0, 0.1) is 0 Å². The topological polar surface area (TPSA) is 9.23 Å². The summed E-state index contributed by atoms with van der Waals surface area (Å²) in [6.07, 6.45) is 6.23. The molecule has 1 aliphatic carbocycles. The molecule has 0 saturated heterocycles. The number of halogens is 1. The Morgan fingerprint density at radius 1 is 1.21 bits per heavy atom. The van der Waals surface area contributed by atoms with Gasteiger partial charge in [-0.05, 0) is 23.3 Å². The lowest BCUT2D eigenvalue weighted by Gasteiger charge is -2.12. The summed E-state index contributed by atoms with van der Waals surface area (Å²) in [5, 5.41) is 0. The van der Waals surface area contributed by atoms with Crippen LogP contribution >= 0.6 is 15.9 Å². The maximum Gasteiger partial charge on any atom is 0.102 e. The Balaban J connectivity index is 2.52. The van der Waals surface area contributed by atoms with Gasteiger partial charge >= 0.3 is 0 Å². The molecule has 1 unspecified atom stereocenters. The zero-order valence-electron chi connectivity index (χ0n) is 7.91. The van der Waals surface area contributed by atoms with Gasteiger partial charge in [-0.1, -0.05) is 46.3 Å². The van der Waals surface area contributed by atoms with E-state index in [2.05, 4.69) is 40.2 Å². The van der Waals surface area contributed by atoms with Crippen LogP contribution in [0.2, 0.25) is 0 Å². The van der Waals surface area contributed by atoms with Gasteiger partial charge in [0.25, 0.3) is 0 Å². The molecule has 1 aromatic carbocycles. The molecule has 2 heteroatoms. The maximum atomic E-state index is 5.42. The lowest BCUT2D eigenvalue weighted by atomic mass is 10.0. The molecule has 0 amide bonds. The van der Waals surface area contributed by atoms with Crippen LogP contribution in [0.3, 0.4) is 0 Å². The number of hydrogen-bond acceptors (Lipinski definition) is 1. The number of allylic oxidation sites excluding steroid dienone is 2. The summed E-state index contributed by atoms with van der Waals surface area (Å²) in [6, 6.07) is 8.26. The smallest absolute Gasteiger partial charge is 0.102 e. The van der Waals surface area contributed by atoms with Gasteiger partial charge in [-0.15, -0.1) is 0 Å². The zero-order valence-corrected chi connectivity index (χ0v) is 9.49. The monoisotopic (exact) mass is 250 g/mol. The van der Waals surface area contributed by atoms with Crippen LogP contribution in [0.5, 0.6) is 0 Å². The highest BCUT2D eigenvalue weighted by atomic mass is 79.9. The van der Waals surface area contributed by atoms with Gasteiger partial charge in [-0.25, -0.2) is 0 Å². The molecule has 0 heterocycles. The summed E-state index contributed by atoms with van der Waals surface area (Å²) in [6.45, 7) is 0. The van der Waals surface area contributed by atoms with E-state index in [0.717, 1.165) is 4.48 Å². The fourth-order valence-corrected chi connectivity index (χ4v) is 1.95. The standard InChI is InChI=1S/C12H11BrO/c1-14-12-8-10(13)7-6-9-4-2-3-5-11(9)12/h2-8,12H,1H3. The first-order chi connectivity index (χ1) is 6.81. The van der Waals surface area contributed by atoms with Crippen molar-refractivity contribution in [2.24, 2.45) is 0 Å². The molecule has 0 N–H and O–H groups in total. The Hall–Kier alpha value is -0.860. The van der Waals surface area contributed by atoms with Gasteiger partial charge in [-0.2, -0.15) is 0 Å². The predicted molar refractivity (Wildman–Crippen MR) is 62.2 cm³/mol. The molecule has 0 aromatic heterocycles. The summed E-state index contributed by atoms with van der Waals surface area (Å²) < 4.78 is 6.48. The van der Waals surface area contributed by atoms with Gasteiger partial charge in [0.1, 0.15) is 6.10 Å². The molecule has 72 valence electrons. The van der Waals surface area contributed by atoms with E-state index >= 15 is 0 Å². The second-order valence-corrected chi connectivity index (χ2v) is 4.09. The van der Waals surface area contributed by atoms with Crippen LogP contribution in [0.1, 0.15) is 17.2 Å². The van der Waals surface area contributed by atoms with E-state index in [0.29, 0.717) is 0 Å². The van der Waals surface area contributed by atoms with Crippen LogP contribution in [-0.2, 0) is 4.74 Å². The third-order valence-corrected chi connectivity index (χ3v) is 2.82. The fourth-order valence-electron chi connectivity index (χ4n) is 1.58. The Morgan fingerprint density at radius 2 is 2.00 bits per heavy atom. The van der Waals surface area contributed by atoms with Crippen molar-refractivity contribution in [3.8, 4) is 0 Å². The highest BCUT2D eigenvalue weighted by Crippen LogP contribution is 2.29. The van der Waals surface area contributed by atoms with Gasteiger partial charge < -0.3 is 4.74 Å². The minimum atomic E-state index is 0.0376. The molecule has 1 aliphatic rings. The second kappa shape index (κ2) is 4.11. The molecule has 1 aromatic rings. The SMILES string of the molecule is COC1C=C(Br)C=Cc2ccccc21. The Morgan fingerprint density at radius 3 is 2.79 bits per heavy atom. The van der Waals surface area contributed by atoms with Crippen molar-refractivity contribution in [2.75, 3.05) is 7.11 Å². The minimum absolute atomic E-state index is 0.0376. The van der Waals surface area contributed by atoms with Gasteiger partial charge in [0.05, 0.1) is 0 Å². The number of fused-ring (bicyclic) bond motifs is 1. The molecule has 0 bridgehead atoms. The van der Waals surface area contributed by atoms with Crippen molar-refractivity contribution in [2.45, 2.75) is 6.10 Å². The van der Waals surface area contributed by atoms with Crippen molar-refractivity contribution in [3.05, 3.63) is 52.0 Å². The lowest BCUT2D eigenvalue weighted by molar-refractivity contribution is 0.142. The van der Waals surface area contributed by atoms with Crippen molar-refractivity contribution in [1.29, 1.82) is 0 Å². The second-order valence-electron chi connectivity index (χ2n) is 3.17. The van der Waals surface area contributed by atoms with E-state index in [4.69, 9.17) is 4.74 Å². The van der Waals surface area contributed by atoms with Crippen LogP contribution in [0.15, 0.2) is 40.9 Å². The normalized spacial score (nSPS) is 19.9. The average Bonchev–Trinajstić information content (AvgIpc) is 2.38. The minimum Gasteiger partial charge on any atom is -0.373 e. The van der Waals surface area contributed by atoms with E-state index in [-0.39, 0.29) is 6.10 Å². The predicted octanol–water partition coefficient (Wildman–Crippen LogP) is 3.68. The van der Waals surface area contributed by atoms with Crippen molar-refractivity contribution in [1.82, 2.24) is 0 Å². The molecule has 0 saturated carbocycles. The zero-order chi connectivity index (χ0) is 9.97. The molecule has 14 heavy (non-hydrogen) atoms. The number of rotatable bonds is 1. The maximum absolute atomic E-state index is 5.42. The fraction of sp³-hybridized carbons (Fsp3) is 0.167. The van der Waals surface area contributed by atoms with E-state index < -0.39 is 0 Å². The molecule has 2 rings (SSSR count). The largest absolute Gasteiger partial charge is 0.373 e. The van der Waals surface area contributed by atoms with Gasteiger partial charge in [-0.3, -0.25) is 0 Å². The van der Waals surface area contributed by atoms with E-state index in [9.17, 15) is 0 Å². The van der Waals surface area contributed by atoms with Crippen molar-refractivity contribution >= 4 is 22.0 Å². The highest BCUT2D eigenvalue weighted by molar-refractivity contribution is 9.11. The lowest BCUT2D eigenvalue weighted by Crippen LogP contribution is -1.99. The van der Waals surface area contributed by atoms with Gasteiger partial charge in [0.2, 0.25) is 0 Å². The van der Waals surface area contributed by atoms with E-state index in [1.165, 1.54) is 11.1 Å². The highest BCUT2D eigenvalue weighted by Gasteiger charge is 2.12. The Kier molecular flexibility index (Phi) is 2.85. The van der Waals surface area contributed by atoms with Crippen LogP contribution in [0.25, 0.3) is 6.08 Å². The molecular weight excluding hydrogens is 240 g/mol. The average molecular weight is 251 g/mol. The summed E-state index contributed by atoms with van der Waals surface area (Å²) in [4.78, 5) is 0. The molecular formula is C12H11BrO. The van der Waals surface area contributed by atoms with Gasteiger partial charge in [0, 0.05) is 11.6 Å². The molecule has 1 nitrogen and oxygen atoms in total. The molecule has 0 fully saturated rings. The van der Waals surface area contributed by atoms with Crippen LogP contribution in [0.4, 0.5) is 0 Å². The summed E-state index contributed by atoms with van der Waals surface area (Å²) in [5.74, 6) is 0. The third-order valence-electron chi connectivity index (χ3n) is 2.29. The first-order valence-electron chi connectivity index (χ1n) is 4.48. The quantitative estimate of drug-likeness (QED) is 0.739. The Labute approximate surface area is 92.2 Å². The Bertz CT molecular complexity index is 393. The van der Waals surface area contributed by atoms with Gasteiger partial charge in [0.15, 0.2) is 0 Å². The van der Waals surface area contributed by atoms with E-state index in [1.54, 1.807) is 7.11 Å². The molecule has 0 spiro atoms. The number of hydrogen-bond donors (Lipinski definition) is 0. The summed E-state index contributed by atoms with van der Waals surface area (Å²) >= 11 is 3.47. The molecule has 1 atom stereocenters. The number of methoxy groups -OCH3 is 1. The third kappa shape index (κ3) is 1.81.